The molecule has 29 heavy (non-hydrogen) atoms. The molecule has 1 aromatic heterocycles. The van der Waals surface area contributed by atoms with E-state index < -0.39 is 42.9 Å². The van der Waals surface area contributed by atoms with Crippen molar-refractivity contribution in [3.63, 3.8) is 0 Å². The molecule has 0 amide bonds. The smallest absolute Gasteiger partial charge is 0.349 e. The fourth-order valence-electron chi connectivity index (χ4n) is 3.04. The number of aromatic amines is 1. The normalized spacial score (nSPS) is 32.1. The van der Waals surface area contributed by atoms with Crippen LogP contribution < -0.4 is 11.2 Å². The van der Waals surface area contributed by atoms with E-state index in [4.69, 9.17) is 18.3 Å². The first-order chi connectivity index (χ1) is 13.5. The van der Waals surface area contributed by atoms with Crippen LogP contribution in [0.4, 0.5) is 0 Å². The zero-order valence-corrected chi connectivity index (χ0v) is 18.4. The summed E-state index contributed by atoms with van der Waals surface area (Å²) in [5.74, 6) is -0.0243. The number of nitrogens with zero attached hydrogens (tertiary/aromatic N) is 1. The van der Waals surface area contributed by atoms with Gasteiger partial charge in [-0.25, -0.2) is 9.36 Å². The number of nitrogens with one attached hydrogen (secondary N) is 1. The molecule has 0 aromatic carbocycles. The zero-order valence-electron chi connectivity index (χ0n) is 16.7. The van der Waals surface area contributed by atoms with Gasteiger partial charge < -0.3 is 4.74 Å². The van der Waals surface area contributed by atoms with Crippen LogP contribution >= 0.6 is 19.6 Å². The van der Waals surface area contributed by atoms with Gasteiger partial charge in [-0.2, -0.15) is 0 Å². The SMILES string of the molecule is C[C@H]1[C@@H]2O[P@@](=O)(OCCSC(=O)C(C)(C)C)OC[C@H]2O[C@H]1n1ccc(=O)[nH]c1=O. The van der Waals surface area contributed by atoms with E-state index >= 15 is 0 Å². The Bertz CT molecular complexity index is 923. The van der Waals surface area contributed by atoms with Gasteiger partial charge in [0.2, 0.25) is 0 Å². The van der Waals surface area contributed by atoms with Crippen molar-refractivity contribution in [2.45, 2.75) is 46.1 Å². The fraction of sp³-hybridized carbons (Fsp3) is 0.706. The molecule has 162 valence electrons. The highest BCUT2D eigenvalue weighted by atomic mass is 32.2. The number of thioether (sulfide) groups is 1. The van der Waals surface area contributed by atoms with Crippen molar-refractivity contribution in [2.24, 2.45) is 11.3 Å². The standard InChI is InChI=1S/C17H25N2O8PS/c1-10-13-11(26-14(10)19-6-5-12(20)18-16(19)22)9-25-28(23,27-13)24-7-8-29-15(21)17(2,3)4/h5-6,10-11,13-14H,7-9H2,1-4H3,(H,18,20,22)/t10-,11+,13-,14+,28-/m0/s1. The van der Waals surface area contributed by atoms with E-state index in [9.17, 15) is 18.9 Å². The second kappa shape index (κ2) is 8.49. The van der Waals surface area contributed by atoms with Crippen molar-refractivity contribution in [1.29, 1.82) is 0 Å². The first-order valence-electron chi connectivity index (χ1n) is 9.22. The summed E-state index contributed by atoms with van der Waals surface area (Å²) in [6.45, 7) is 7.27. The van der Waals surface area contributed by atoms with Crippen LogP contribution in [0.5, 0.6) is 0 Å². The summed E-state index contributed by atoms with van der Waals surface area (Å²) >= 11 is 1.10. The van der Waals surface area contributed by atoms with E-state index in [0.29, 0.717) is 5.75 Å². The number of ether oxygens (including phenoxy) is 1. The number of fused-ring (bicyclic) bond motifs is 1. The summed E-state index contributed by atoms with van der Waals surface area (Å²) in [6, 6.07) is 1.22. The fourth-order valence-corrected chi connectivity index (χ4v) is 5.41. The van der Waals surface area contributed by atoms with E-state index in [1.165, 1.54) is 16.8 Å². The Morgan fingerprint density at radius 2 is 2.14 bits per heavy atom. The third-order valence-corrected chi connectivity index (χ3v) is 7.31. The molecule has 2 aliphatic heterocycles. The lowest BCUT2D eigenvalue weighted by atomic mass is 10.00. The Kier molecular flexibility index (Phi) is 6.57. The molecule has 1 aromatic rings. The van der Waals surface area contributed by atoms with Gasteiger partial charge in [-0.15, -0.1) is 0 Å². The molecule has 3 heterocycles. The number of phosphoric acid groups is 1. The van der Waals surface area contributed by atoms with Crippen molar-refractivity contribution in [3.05, 3.63) is 33.1 Å². The summed E-state index contributed by atoms with van der Waals surface area (Å²) < 4.78 is 36.1. The monoisotopic (exact) mass is 448 g/mol. The lowest BCUT2D eigenvalue weighted by molar-refractivity contribution is -0.117. The predicted molar refractivity (Wildman–Crippen MR) is 106 cm³/mol. The number of phosphoric ester groups is 1. The van der Waals surface area contributed by atoms with Gasteiger partial charge in [0, 0.05) is 29.3 Å². The van der Waals surface area contributed by atoms with Gasteiger partial charge in [-0.05, 0) is 0 Å². The molecule has 2 aliphatic rings. The van der Waals surface area contributed by atoms with Crippen molar-refractivity contribution in [2.75, 3.05) is 19.0 Å². The highest BCUT2D eigenvalue weighted by Crippen LogP contribution is 2.57. The molecule has 0 spiro atoms. The third-order valence-electron chi connectivity index (χ3n) is 4.60. The van der Waals surface area contributed by atoms with Crippen LogP contribution in [0.15, 0.2) is 21.9 Å². The molecule has 3 rings (SSSR count). The van der Waals surface area contributed by atoms with Crippen LogP contribution in [0.1, 0.15) is 33.9 Å². The maximum absolute atomic E-state index is 12.8. The molecule has 10 nitrogen and oxygen atoms in total. The van der Waals surface area contributed by atoms with Crippen LogP contribution in [0.2, 0.25) is 0 Å². The Labute approximate surface area is 171 Å². The highest BCUT2D eigenvalue weighted by molar-refractivity contribution is 8.13. The molecule has 0 radical (unpaired) electrons. The summed E-state index contributed by atoms with van der Waals surface area (Å²) in [4.78, 5) is 37.4. The molecular weight excluding hydrogens is 423 g/mol. The van der Waals surface area contributed by atoms with Crippen molar-refractivity contribution < 1.29 is 27.7 Å². The second-order valence-electron chi connectivity index (χ2n) is 7.97. The van der Waals surface area contributed by atoms with E-state index in [1.54, 1.807) is 6.92 Å². The summed E-state index contributed by atoms with van der Waals surface area (Å²) in [5.41, 5.74) is -1.57. The van der Waals surface area contributed by atoms with Gasteiger partial charge in [0.15, 0.2) is 5.12 Å². The van der Waals surface area contributed by atoms with Gasteiger partial charge in [0.25, 0.3) is 5.56 Å². The number of rotatable bonds is 5. The van der Waals surface area contributed by atoms with Crippen molar-refractivity contribution >= 4 is 24.7 Å². The average Bonchev–Trinajstić information content (AvgIpc) is 2.94. The van der Waals surface area contributed by atoms with Crippen LogP contribution in [-0.4, -0.2) is 45.8 Å². The number of carbonyl (C=O) groups is 1. The van der Waals surface area contributed by atoms with E-state index in [2.05, 4.69) is 4.98 Å². The molecule has 0 aliphatic carbocycles. The van der Waals surface area contributed by atoms with Gasteiger partial charge in [-0.3, -0.25) is 32.7 Å². The number of carbonyl (C=O) groups excluding carboxylic acids is 1. The van der Waals surface area contributed by atoms with E-state index in [-0.39, 0.29) is 24.2 Å². The first-order valence-corrected chi connectivity index (χ1v) is 11.7. The molecule has 0 bridgehead atoms. The van der Waals surface area contributed by atoms with Crippen LogP contribution in [-0.2, 0) is 27.7 Å². The van der Waals surface area contributed by atoms with Gasteiger partial charge >= 0.3 is 13.5 Å². The Morgan fingerprint density at radius 1 is 1.41 bits per heavy atom. The first kappa shape index (κ1) is 22.5. The van der Waals surface area contributed by atoms with E-state index in [0.717, 1.165) is 11.8 Å². The highest BCUT2D eigenvalue weighted by Gasteiger charge is 2.52. The molecule has 2 fully saturated rings. The van der Waals surface area contributed by atoms with Crippen LogP contribution in [0.25, 0.3) is 0 Å². The minimum atomic E-state index is -3.81. The average molecular weight is 448 g/mol. The maximum atomic E-state index is 12.8. The lowest BCUT2D eigenvalue weighted by Crippen LogP contribution is -2.36. The molecule has 0 saturated carbocycles. The Balaban J connectivity index is 1.60. The largest absolute Gasteiger partial charge is 0.475 e. The van der Waals surface area contributed by atoms with Crippen LogP contribution in [0, 0.1) is 11.3 Å². The summed E-state index contributed by atoms with van der Waals surface area (Å²) in [5, 5.41) is 0.0110. The summed E-state index contributed by atoms with van der Waals surface area (Å²) in [7, 11) is -3.81. The van der Waals surface area contributed by atoms with Gasteiger partial charge in [0.05, 0.1) is 13.2 Å². The molecule has 2 saturated heterocycles. The molecule has 12 heteroatoms. The zero-order chi connectivity index (χ0) is 21.4. The third kappa shape index (κ3) is 5.10. The molecule has 1 N–H and O–H groups in total. The quantitative estimate of drug-likeness (QED) is 0.531. The number of hydrogen-bond acceptors (Lipinski definition) is 9. The van der Waals surface area contributed by atoms with Crippen molar-refractivity contribution in [3.8, 4) is 0 Å². The number of aromatic nitrogens is 2. The minimum absolute atomic E-state index is 0.0110. The number of H-pyrrole nitrogens is 1. The number of hydrogen-bond donors (Lipinski definition) is 1. The minimum Gasteiger partial charge on any atom is -0.349 e. The van der Waals surface area contributed by atoms with Crippen LogP contribution in [0.3, 0.4) is 0 Å². The second-order valence-corrected chi connectivity index (χ2v) is 10.7. The topological polar surface area (TPSA) is 126 Å². The van der Waals surface area contributed by atoms with Gasteiger partial charge in [0.1, 0.15) is 18.4 Å². The predicted octanol–water partition coefficient (Wildman–Crippen LogP) is 1.92. The van der Waals surface area contributed by atoms with Gasteiger partial charge in [-0.1, -0.05) is 39.5 Å². The Morgan fingerprint density at radius 3 is 2.79 bits per heavy atom. The van der Waals surface area contributed by atoms with E-state index in [1.807, 2.05) is 20.8 Å². The van der Waals surface area contributed by atoms with Crippen molar-refractivity contribution in [1.82, 2.24) is 9.55 Å². The molecular formula is C17H25N2O8PS. The lowest BCUT2D eigenvalue weighted by Gasteiger charge is -2.31. The summed E-state index contributed by atoms with van der Waals surface area (Å²) in [6.07, 6.45) is -0.497. The molecule has 0 unspecified atom stereocenters. The Hall–Kier alpha value is -1.23. The molecule has 5 atom stereocenters. The maximum Gasteiger partial charge on any atom is 0.475 e.